The van der Waals surface area contributed by atoms with Gasteiger partial charge in [0.1, 0.15) is 0 Å². The molecule has 1 heterocycles. The maximum Gasteiger partial charge on any atom is 0.0624 e. The van der Waals surface area contributed by atoms with Gasteiger partial charge >= 0.3 is 0 Å². The van der Waals surface area contributed by atoms with E-state index in [9.17, 15) is 0 Å². The Labute approximate surface area is 299 Å². The quantitative estimate of drug-likeness (QED) is 0.186. The summed E-state index contributed by atoms with van der Waals surface area (Å²) in [6.07, 6.45) is 0. The van der Waals surface area contributed by atoms with Crippen molar-refractivity contribution in [2.45, 2.75) is 31.2 Å². The number of hydrogen-bond donors (Lipinski definition) is 1. The molecule has 0 aromatic heterocycles. The zero-order valence-electron chi connectivity index (χ0n) is 28.8. The molecule has 51 heavy (non-hydrogen) atoms. The first-order valence-corrected chi connectivity index (χ1v) is 18.0. The Balaban J connectivity index is 1.15. The molecule has 0 saturated heterocycles. The highest BCUT2D eigenvalue weighted by atomic mass is 15.1. The van der Waals surface area contributed by atoms with Crippen molar-refractivity contribution >= 4 is 44.3 Å². The molecule has 244 valence electrons. The Morgan fingerprint density at radius 2 is 1.10 bits per heavy atom. The molecule has 2 aliphatic rings. The maximum atomic E-state index is 4.02. The Bertz CT molecular complexity index is 2590. The third-order valence-electron chi connectivity index (χ3n) is 11.4. The molecule has 1 aliphatic heterocycles. The van der Waals surface area contributed by atoms with Crippen molar-refractivity contribution in [3.63, 3.8) is 0 Å². The largest absolute Gasteiger partial charge is 0.377 e. The second-order valence-electron chi connectivity index (χ2n) is 14.6. The number of para-hydroxylation sites is 1. The lowest BCUT2D eigenvalue weighted by atomic mass is 9.82. The van der Waals surface area contributed by atoms with Gasteiger partial charge in [0.25, 0.3) is 0 Å². The smallest absolute Gasteiger partial charge is 0.0624 e. The SMILES string of the molecule is CC1(C)c2ccccc2-c2ccc(N(c3ccccc3)c3cccc4c3ccc3c5c(ccc34)C(c3ccccc3)C(c3ccccc3)N5)cc21. The molecule has 1 aliphatic carbocycles. The van der Waals surface area contributed by atoms with E-state index in [1.807, 2.05) is 0 Å². The van der Waals surface area contributed by atoms with Gasteiger partial charge in [0.2, 0.25) is 0 Å². The topological polar surface area (TPSA) is 15.3 Å². The first-order valence-electron chi connectivity index (χ1n) is 18.0. The average molecular weight is 655 g/mol. The summed E-state index contributed by atoms with van der Waals surface area (Å²) in [5.41, 5.74) is 14.1. The van der Waals surface area contributed by atoms with E-state index in [0.29, 0.717) is 0 Å². The summed E-state index contributed by atoms with van der Waals surface area (Å²) in [7, 11) is 0. The third kappa shape index (κ3) is 4.56. The fraction of sp³-hybridized carbons (Fsp3) is 0.102. The number of fused-ring (bicyclic) bond motifs is 8. The summed E-state index contributed by atoms with van der Waals surface area (Å²) in [6, 6.07) is 64.9. The van der Waals surface area contributed by atoms with Crippen LogP contribution >= 0.6 is 0 Å². The van der Waals surface area contributed by atoms with Crippen molar-refractivity contribution in [1.82, 2.24) is 0 Å². The van der Waals surface area contributed by atoms with E-state index in [4.69, 9.17) is 0 Å². The normalized spacial score (nSPS) is 16.7. The Hall–Kier alpha value is -6.12. The van der Waals surface area contributed by atoms with Gasteiger partial charge in [0, 0.05) is 39.2 Å². The van der Waals surface area contributed by atoms with Crippen LogP contribution in [0.2, 0.25) is 0 Å². The van der Waals surface area contributed by atoms with Crippen LogP contribution in [0.15, 0.2) is 176 Å². The fourth-order valence-electron chi connectivity index (χ4n) is 9.01. The lowest BCUT2D eigenvalue weighted by molar-refractivity contribution is 0.660. The molecular formula is C49H38N2. The van der Waals surface area contributed by atoms with Gasteiger partial charge < -0.3 is 10.2 Å². The van der Waals surface area contributed by atoms with Crippen LogP contribution in [0.3, 0.4) is 0 Å². The van der Waals surface area contributed by atoms with Crippen molar-refractivity contribution in [1.29, 1.82) is 0 Å². The number of anilines is 4. The Kier molecular flexibility index (Phi) is 6.69. The minimum absolute atomic E-state index is 0.0815. The maximum absolute atomic E-state index is 4.02. The molecule has 8 aromatic carbocycles. The average Bonchev–Trinajstić information content (AvgIpc) is 3.69. The van der Waals surface area contributed by atoms with Gasteiger partial charge in [-0.3, -0.25) is 0 Å². The lowest BCUT2D eigenvalue weighted by Crippen LogP contribution is -2.16. The van der Waals surface area contributed by atoms with E-state index in [1.54, 1.807) is 0 Å². The first kappa shape index (κ1) is 29.8. The molecule has 0 spiro atoms. The Morgan fingerprint density at radius 3 is 1.88 bits per heavy atom. The van der Waals surface area contributed by atoms with E-state index in [0.717, 1.165) is 5.69 Å². The summed E-state index contributed by atoms with van der Waals surface area (Å²) in [4.78, 5) is 2.44. The van der Waals surface area contributed by atoms with Crippen molar-refractivity contribution in [2.75, 3.05) is 10.2 Å². The van der Waals surface area contributed by atoms with Crippen LogP contribution in [-0.2, 0) is 5.41 Å². The van der Waals surface area contributed by atoms with Gasteiger partial charge in [-0.25, -0.2) is 0 Å². The molecule has 10 rings (SSSR count). The molecule has 1 N–H and O–H groups in total. The molecule has 2 nitrogen and oxygen atoms in total. The molecule has 2 heteroatoms. The van der Waals surface area contributed by atoms with Crippen molar-refractivity contribution < 1.29 is 0 Å². The summed E-state index contributed by atoms with van der Waals surface area (Å²) in [6.45, 7) is 4.71. The summed E-state index contributed by atoms with van der Waals surface area (Å²) in [5, 5.41) is 9.04. The van der Waals surface area contributed by atoms with E-state index in [1.165, 1.54) is 77.6 Å². The van der Waals surface area contributed by atoms with Crippen LogP contribution in [0.4, 0.5) is 22.7 Å². The van der Waals surface area contributed by atoms with Crippen LogP contribution in [-0.4, -0.2) is 0 Å². The molecule has 0 bridgehead atoms. The summed E-state index contributed by atoms with van der Waals surface area (Å²) >= 11 is 0. The van der Waals surface area contributed by atoms with Gasteiger partial charge in [0.05, 0.1) is 11.7 Å². The first-order chi connectivity index (χ1) is 25.1. The van der Waals surface area contributed by atoms with Crippen LogP contribution in [0, 0.1) is 0 Å². The van der Waals surface area contributed by atoms with Crippen LogP contribution in [0.1, 0.15) is 53.6 Å². The van der Waals surface area contributed by atoms with Crippen LogP contribution in [0.25, 0.3) is 32.7 Å². The predicted octanol–water partition coefficient (Wildman–Crippen LogP) is 13.1. The molecule has 2 unspecified atom stereocenters. The fourth-order valence-corrected chi connectivity index (χ4v) is 9.01. The van der Waals surface area contributed by atoms with Crippen LogP contribution in [0.5, 0.6) is 0 Å². The van der Waals surface area contributed by atoms with Crippen molar-refractivity contribution in [3.05, 3.63) is 204 Å². The molecular weight excluding hydrogens is 617 g/mol. The summed E-state index contributed by atoms with van der Waals surface area (Å²) < 4.78 is 0. The second kappa shape index (κ2) is 11.5. The molecule has 0 fully saturated rings. The molecule has 0 amide bonds. The number of hydrogen-bond acceptors (Lipinski definition) is 2. The third-order valence-corrected chi connectivity index (χ3v) is 11.4. The molecule has 0 saturated carbocycles. The van der Waals surface area contributed by atoms with Gasteiger partial charge in [0.15, 0.2) is 0 Å². The van der Waals surface area contributed by atoms with E-state index < -0.39 is 0 Å². The Morgan fingerprint density at radius 1 is 0.471 bits per heavy atom. The van der Waals surface area contributed by atoms with E-state index in [2.05, 4.69) is 200 Å². The van der Waals surface area contributed by atoms with Gasteiger partial charge in [-0.05, 0) is 80.0 Å². The highest BCUT2D eigenvalue weighted by molar-refractivity contribution is 6.16. The lowest BCUT2D eigenvalue weighted by Gasteiger charge is -2.29. The number of nitrogens with one attached hydrogen (secondary N) is 1. The second-order valence-corrected chi connectivity index (χ2v) is 14.6. The minimum Gasteiger partial charge on any atom is -0.377 e. The van der Waals surface area contributed by atoms with Crippen LogP contribution < -0.4 is 10.2 Å². The highest BCUT2D eigenvalue weighted by Crippen LogP contribution is 2.53. The molecule has 2 atom stereocenters. The standard InChI is InChI=1S/C49H38N2/c1-49(2)43-23-13-12-21-38(43)39-26-25-35(31-44(39)49)51(34-19-10-5-11-20-34)45-24-14-22-36-37-27-30-42-46(32-15-6-3-7-16-32)47(33-17-8-4-9-18-33)50-48(42)41(37)29-28-40(36)45/h3-31,46-47,50H,1-2H3. The van der Waals surface area contributed by atoms with Gasteiger partial charge in [-0.1, -0.05) is 159 Å². The van der Waals surface area contributed by atoms with Crippen molar-refractivity contribution in [2.24, 2.45) is 0 Å². The summed E-state index contributed by atoms with van der Waals surface area (Å²) in [5.74, 6) is 0.221. The zero-order chi connectivity index (χ0) is 34.1. The number of benzene rings is 8. The highest BCUT2D eigenvalue weighted by Gasteiger charge is 2.37. The zero-order valence-corrected chi connectivity index (χ0v) is 28.8. The molecule has 0 radical (unpaired) electrons. The monoisotopic (exact) mass is 654 g/mol. The van der Waals surface area contributed by atoms with Crippen molar-refractivity contribution in [3.8, 4) is 11.1 Å². The number of rotatable bonds is 5. The van der Waals surface area contributed by atoms with E-state index >= 15 is 0 Å². The van der Waals surface area contributed by atoms with Gasteiger partial charge in [-0.15, -0.1) is 0 Å². The number of nitrogens with zero attached hydrogens (tertiary/aromatic N) is 1. The molecule has 8 aromatic rings. The van der Waals surface area contributed by atoms with E-state index in [-0.39, 0.29) is 17.4 Å². The predicted molar refractivity (Wildman–Crippen MR) is 215 cm³/mol. The minimum atomic E-state index is -0.0815. The van der Waals surface area contributed by atoms with Gasteiger partial charge in [-0.2, -0.15) is 0 Å².